The standard InChI is InChI=1S/C22H25Cl2N7O3/c1-13-8-19(30-22(27-13)31(4-6-32)5-7-33)29-18-11-15(2-3-26-18)28-21(34)20-16(23)9-14(12-25)10-17(20)24/h2-3,8-11,32-33H,4-7,12,25H2,1H3,(H2,26,27,28,29,30,34). The normalized spacial score (nSPS) is 10.8. The molecule has 3 aromatic rings. The van der Waals surface area contributed by atoms with Crippen molar-refractivity contribution in [2.24, 2.45) is 5.73 Å². The zero-order valence-corrected chi connectivity index (χ0v) is 19.9. The van der Waals surface area contributed by atoms with Gasteiger partial charge in [0, 0.05) is 49.3 Å². The number of amides is 1. The van der Waals surface area contributed by atoms with Gasteiger partial charge in [0.15, 0.2) is 0 Å². The Morgan fingerprint density at radius 1 is 1.06 bits per heavy atom. The number of aryl methyl sites for hydroxylation is 1. The lowest BCUT2D eigenvalue weighted by Crippen LogP contribution is -2.31. The van der Waals surface area contributed by atoms with Crippen LogP contribution in [0, 0.1) is 6.92 Å². The third-order valence-corrected chi connectivity index (χ3v) is 5.30. The largest absolute Gasteiger partial charge is 0.395 e. The van der Waals surface area contributed by atoms with E-state index < -0.39 is 5.91 Å². The quantitative estimate of drug-likeness (QED) is 0.280. The monoisotopic (exact) mass is 505 g/mol. The highest BCUT2D eigenvalue weighted by molar-refractivity contribution is 6.40. The Morgan fingerprint density at radius 2 is 1.74 bits per heavy atom. The number of carbonyl (C=O) groups is 1. The van der Waals surface area contributed by atoms with Crippen LogP contribution in [0.25, 0.3) is 0 Å². The molecule has 0 aliphatic carbocycles. The van der Waals surface area contributed by atoms with E-state index in [4.69, 9.17) is 28.9 Å². The Hall–Kier alpha value is -3.02. The van der Waals surface area contributed by atoms with Gasteiger partial charge in [-0.1, -0.05) is 23.2 Å². The fraction of sp³-hybridized carbons (Fsp3) is 0.273. The second-order valence-electron chi connectivity index (χ2n) is 7.28. The van der Waals surface area contributed by atoms with E-state index in [1.54, 1.807) is 42.2 Å². The summed E-state index contributed by atoms with van der Waals surface area (Å²) >= 11 is 12.5. The minimum atomic E-state index is -0.473. The number of anilines is 4. The van der Waals surface area contributed by atoms with Gasteiger partial charge >= 0.3 is 0 Å². The highest BCUT2D eigenvalue weighted by atomic mass is 35.5. The fourth-order valence-corrected chi connectivity index (χ4v) is 3.88. The van der Waals surface area contributed by atoms with Crippen molar-refractivity contribution < 1.29 is 15.0 Å². The summed E-state index contributed by atoms with van der Waals surface area (Å²) < 4.78 is 0. The number of hydrogen-bond donors (Lipinski definition) is 5. The Balaban J connectivity index is 1.80. The molecule has 0 radical (unpaired) electrons. The Labute approximate surface area is 206 Å². The highest BCUT2D eigenvalue weighted by Gasteiger charge is 2.17. The fourth-order valence-electron chi connectivity index (χ4n) is 3.17. The molecule has 2 aromatic heterocycles. The number of halogens is 2. The van der Waals surface area contributed by atoms with Gasteiger partial charge < -0.3 is 31.5 Å². The molecule has 0 spiro atoms. The van der Waals surface area contributed by atoms with Crippen LogP contribution in [-0.4, -0.2) is 57.4 Å². The van der Waals surface area contributed by atoms with Crippen molar-refractivity contribution in [2.45, 2.75) is 13.5 Å². The molecule has 6 N–H and O–H groups in total. The Kier molecular flexibility index (Phi) is 8.97. The molecular weight excluding hydrogens is 481 g/mol. The molecule has 1 amide bonds. The van der Waals surface area contributed by atoms with Crippen LogP contribution in [0.2, 0.25) is 10.0 Å². The number of aliphatic hydroxyl groups is 2. The molecule has 12 heteroatoms. The molecule has 10 nitrogen and oxygen atoms in total. The first kappa shape index (κ1) is 25.6. The van der Waals surface area contributed by atoms with Gasteiger partial charge in [-0.3, -0.25) is 4.79 Å². The molecule has 3 rings (SSSR count). The van der Waals surface area contributed by atoms with Crippen molar-refractivity contribution in [3.8, 4) is 0 Å². The van der Waals surface area contributed by atoms with Crippen LogP contribution in [0.15, 0.2) is 36.5 Å². The van der Waals surface area contributed by atoms with Crippen LogP contribution in [0.4, 0.5) is 23.3 Å². The van der Waals surface area contributed by atoms with Crippen molar-refractivity contribution in [1.82, 2.24) is 15.0 Å². The summed E-state index contributed by atoms with van der Waals surface area (Å²) in [5, 5.41) is 24.8. The number of aliphatic hydroxyl groups excluding tert-OH is 2. The summed E-state index contributed by atoms with van der Waals surface area (Å²) in [5.41, 5.74) is 7.63. The van der Waals surface area contributed by atoms with Crippen LogP contribution >= 0.6 is 23.2 Å². The van der Waals surface area contributed by atoms with Crippen molar-refractivity contribution in [3.05, 3.63) is 63.4 Å². The molecule has 0 aliphatic rings. The van der Waals surface area contributed by atoms with Crippen molar-refractivity contribution in [2.75, 3.05) is 41.8 Å². The van der Waals surface area contributed by atoms with Gasteiger partial charge in [-0.15, -0.1) is 0 Å². The van der Waals surface area contributed by atoms with Crippen molar-refractivity contribution in [1.29, 1.82) is 0 Å². The van der Waals surface area contributed by atoms with Gasteiger partial charge in [-0.05, 0) is 30.7 Å². The first-order valence-electron chi connectivity index (χ1n) is 10.4. The van der Waals surface area contributed by atoms with E-state index in [0.717, 1.165) is 5.56 Å². The lowest BCUT2D eigenvalue weighted by molar-refractivity contribution is 0.102. The van der Waals surface area contributed by atoms with E-state index in [1.807, 2.05) is 0 Å². The zero-order chi connectivity index (χ0) is 24.7. The van der Waals surface area contributed by atoms with Gasteiger partial charge in [0.2, 0.25) is 5.95 Å². The number of carbonyl (C=O) groups excluding carboxylic acids is 1. The summed E-state index contributed by atoms with van der Waals surface area (Å²) in [5.74, 6) is 0.774. The molecule has 1 aromatic carbocycles. The van der Waals surface area contributed by atoms with E-state index >= 15 is 0 Å². The van der Waals surface area contributed by atoms with Gasteiger partial charge in [-0.2, -0.15) is 4.98 Å². The summed E-state index contributed by atoms with van der Waals surface area (Å²) in [6.45, 7) is 2.41. The predicted octanol–water partition coefficient (Wildman–Crippen LogP) is 2.73. The number of rotatable bonds is 10. The molecular formula is C22H25Cl2N7O3. The molecule has 0 fully saturated rings. The Bertz CT molecular complexity index is 1130. The smallest absolute Gasteiger partial charge is 0.258 e. The maximum Gasteiger partial charge on any atom is 0.258 e. The van der Waals surface area contributed by atoms with Crippen LogP contribution < -0.4 is 21.3 Å². The SMILES string of the molecule is Cc1cc(Nc2cc(NC(=O)c3c(Cl)cc(CN)cc3Cl)ccn2)nc(N(CCO)CCO)n1. The highest BCUT2D eigenvalue weighted by Crippen LogP contribution is 2.28. The molecule has 0 saturated carbocycles. The van der Waals surface area contributed by atoms with Crippen LogP contribution in [0.1, 0.15) is 21.6 Å². The van der Waals surface area contributed by atoms with Gasteiger partial charge in [0.25, 0.3) is 5.91 Å². The van der Waals surface area contributed by atoms with Crippen LogP contribution in [0.3, 0.4) is 0 Å². The predicted molar refractivity (Wildman–Crippen MR) is 133 cm³/mol. The van der Waals surface area contributed by atoms with Gasteiger partial charge in [-0.25, -0.2) is 9.97 Å². The molecule has 180 valence electrons. The summed E-state index contributed by atoms with van der Waals surface area (Å²) in [6, 6.07) is 8.19. The van der Waals surface area contributed by atoms with E-state index in [9.17, 15) is 15.0 Å². The summed E-state index contributed by atoms with van der Waals surface area (Å²) in [4.78, 5) is 27.6. The second-order valence-corrected chi connectivity index (χ2v) is 8.09. The maximum absolute atomic E-state index is 12.8. The van der Waals surface area contributed by atoms with E-state index in [-0.39, 0.29) is 48.5 Å². The summed E-state index contributed by atoms with van der Waals surface area (Å²) in [7, 11) is 0. The van der Waals surface area contributed by atoms with Crippen molar-refractivity contribution >= 4 is 52.4 Å². The third-order valence-electron chi connectivity index (χ3n) is 4.70. The molecule has 0 saturated heterocycles. The molecule has 34 heavy (non-hydrogen) atoms. The number of hydrogen-bond acceptors (Lipinski definition) is 9. The maximum atomic E-state index is 12.8. The minimum absolute atomic E-state index is 0.105. The van der Waals surface area contributed by atoms with E-state index in [0.29, 0.717) is 29.0 Å². The average Bonchev–Trinajstić information content (AvgIpc) is 2.78. The number of pyridine rings is 1. The Morgan fingerprint density at radius 3 is 2.35 bits per heavy atom. The topological polar surface area (TPSA) is 150 Å². The lowest BCUT2D eigenvalue weighted by atomic mass is 10.1. The van der Waals surface area contributed by atoms with Gasteiger partial charge in [0.1, 0.15) is 11.6 Å². The number of aromatic nitrogens is 3. The molecule has 2 heterocycles. The van der Waals surface area contributed by atoms with Crippen LogP contribution in [-0.2, 0) is 6.54 Å². The molecule has 0 bridgehead atoms. The minimum Gasteiger partial charge on any atom is -0.395 e. The molecule has 0 aliphatic heterocycles. The number of benzene rings is 1. The first-order valence-corrected chi connectivity index (χ1v) is 11.1. The molecule has 0 atom stereocenters. The van der Waals surface area contributed by atoms with Crippen LogP contribution in [0.5, 0.6) is 0 Å². The third kappa shape index (κ3) is 6.52. The second kappa shape index (κ2) is 11.9. The van der Waals surface area contributed by atoms with E-state index in [1.165, 1.54) is 6.20 Å². The summed E-state index contributed by atoms with van der Waals surface area (Å²) in [6.07, 6.45) is 1.53. The van der Waals surface area contributed by atoms with Crippen molar-refractivity contribution in [3.63, 3.8) is 0 Å². The van der Waals surface area contributed by atoms with E-state index in [2.05, 4.69) is 25.6 Å². The lowest BCUT2D eigenvalue weighted by Gasteiger charge is -2.21. The first-order chi connectivity index (χ1) is 16.3. The number of nitrogens with one attached hydrogen (secondary N) is 2. The number of nitrogens with zero attached hydrogens (tertiary/aromatic N) is 4. The average molecular weight is 506 g/mol. The molecule has 0 unspecified atom stereocenters. The van der Waals surface area contributed by atoms with Gasteiger partial charge in [0.05, 0.1) is 28.8 Å². The zero-order valence-electron chi connectivity index (χ0n) is 18.4. The number of nitrogens with two attached hydrogens (primary N) is 1.